The number of aliphatic hydroxyl groups is 1. The number of aliphatic hydroxyl groups excluding tert-OH is 1. The molecule has 0 unspecified atom stereocenters. The van der Waals surface area contributed by atoms with Gasteiger partial charge in [-0.3, -0.25) is 14.5 Å². The number of nitrogens with zero attached hydrogens (tertiary/aromatic N) is 2. The monoisotopic (exact) mass is 485 g/mol. The molecule has 0 saturated carbocycles. The summed E-state index contributed by atoms with van der Waals surface area (Å²) in [6.45, 7) is 6.52. The molecule has 1 aromatic carbocycles. The number of esters is 1. The van der Waals surface area contributed by atoms with Crippen molar-refractivity contribution in [3.8, 4) is 0 Å². The lowest BCUT2D eigenvalue weighted by Gasteiger charge is -2.31. The fourth-order valence-electron chi connectivity index (χ4n) is 4.75. The van der Waals surface area contributed by atoms with Crippen molar-refractivity contribution < 1.29 is 33.4 Å². The summed E-state index contributed by atoms with van der Waals surface area (Å²) >= 11 is 0. The zero-order chi connectivity index (χ0) is 25.3. The molecule has 2 saturated heterocycles. The van der Waals surface area contributed by atoms with Crippen molar-refractivity contribution in [1.29, 1.82) is 0 Å². The van der Waals surface area contributed by atoms with Crippen molar-refractivity contribution in [3.63, 3.8) is 0 Å². The van der Waals surface area contributed by atoms with Crippen molar-refractivity contribution >= 4 is 23.4 Å². The maximum atomic E-state index is 14.2. The molecule has 2 aliphatic heterocycles. The fraction of sp³-hybridized carbons (Fsp3) is 0.400. The van der Waals surface area contributed by atoms with Crippen molar-refractivity contribution in [1.82, 2.24) is 14.8 Å². The highest BCUT2D eigenvalue weighted by Crippen LogP contribution is 2.41. The minimum absolute atomic E-state index is 0.135. The predicted octanol–water partition coefficient (Wildman–Crippen LogP) is 2.31. The van der Waals surface area contributed by atoms with Gasteiger partial charge in [-0.2, -0.15) is 0 Å². The van der Waals surface area contributed by atoms with E-state index in [1.54, 1.807) is 19.9 Å². The Bertz CT molecular complexity index is 1200. The summed E-state index contributed by atoms with van der Waals surface area (Å²) in [6.07, 6.45) is 0. The number of H-pyrrole nitrogens is 1. The number of amides is 1. The van der Waals surface area contributed by atoms with Crippen molar-refractivity contribution in [2.75, 3.05) is 46.5 Å². The number of aromatic nitrogens is 1. The topological polar surface area (TPSA) is 112 Å². The van der Waals surface area contributed by atoms with Crippen LogP contribution in [0.3, 0.4) is 0 Å². The van der Waals surface area contributed by atoms with E-state index in [9.17, 15) is 23.9 Å². The van der Waals surface area contributed by atoms with Crippen LogP contribution in [-0.4, -0.2) is 84.1 Å². The summed E-state index contributed by atoms with van der Waals surface area (Å²) < 4.78 is 24.3. The molecule has 10 heteroatoms. The first-order valence-corrected chi connectivity index (χ1v) is 11.4. The second-order valence-electron chi connectivity index (χ2n) is 8.62. The number of benzene rings is 1. The zero-order valence-corrected chi connectivity index (χ0v) is 19.9. The molecule has 35 heavy (non-hydrogen) atoms. The highest BCUT2D eigenvalue weighted by molar-refractivity contribution is 6.46. The summed E-state index contributed by atoms with van der Waals surface area (Å²) in [5.74, 6) is -3.21. The molecule has 1 aromatic heterocycles. The van der Waals surface area contributed by atoms with E-state index in [1.165, 1.54) is 30.2 Å². The third-order valence-corrected chi connectivity index (χ3v) is 6.53. The van der Waals surface area contributed by atoms with E-state index in [4.69, 9.17) is 9.47 Å². The Labute approximate surface area is 202 Å². The number of aromatic amines is 1. The van der Waals surface area contributed by atoms with Gasteiger partial charge in [0.1, 0.15) is 17.3 Å². The summed E-state index contributed by atoms with van der Waals surface area (Å²) in [5, 5.41) is 11.4. The van der Waals surface area contributed by atoms with Crippen molar-refractivity contribution in [3.05, 3.63) is 63.7 Å². The van der Waals surface area contributed by atoms with Crippen LogP contribution in [0, 0.1) is 19.7 Å². The molecule has 4 rings (SSSR count). The Kier molecular flexibility index (Phi) is 7.04. The quantitative estimate of drug-likeness (QED) is 0.280. The highest BCUT2D eigenvalue weighted by Gasteiger charge is 2.46. The number of methoxy groups -OCH3 is 1. The number of ketones is 1. The number of nitrogens with one attached hydrogen (secondary N) is 1. The molecular formula is C25H28FN3O6. The van der Waals surface area contributed by atoms with Gasteiger partial charge in [-0.1, -0.05) is 12.1 Å². The number of hydrogen-bond acceptors (Lipinski definition) is 7. The fourth-order valence-corrected chi connectivity index (χ4v) is 4.75. The van der Waals surface area contributed by atoms with Gasteiger partial charge < -0.3 is 24.5 Å². The van der Waals surface area contributed by atoms with Gasteiger partial charge in [0.2, 0.25) is 0 Å². The highest BCUT2D eigenvalue weighted by atomic mass is 19.1. The van der Waals surface area contributed by atoms with Gasteiger partial charge in [0.15, 0.2) is 0 Å². The molecule has 3 heterocycles. The Balaban J connectivity index is 1.80. The molecule has 2 N–H and O–H groups in total. The standard InChI is InChI=1S/C25H28FN3O6/c1-14-18(15(2)27-20(14)25(33)34-3)22(30)19-21(16-5-4-6-17(26)13-16)29(24(32)23(19)31)8-7-28-9-11-35-12-10-28/h4-6,13,21,27,30H,7-12H2,1-3H3/b22-19+/t21-/m1/s1. The van der Waals surface area contributed by atoms with Crippen molar-refractivity contribution in [2.24, 2.45) is 0 Å². The van der Waals surface area contributed by atoms with E-state index >= 15 is 0 Å². The lowest BCUT2D eigenvalue weighted by molar-refractivity contribution is -0.140. The van der Waals surface area contributed by atoms with E-state index in [2.05, 4.69) is 9.88 Å². The zero-order valence-electron chi connectivity index (χ0n) is 19.9. The number of hydrogen-bond donors (Lipinski definition) is 2. The number of carbonyl (C=O) groups is 3. The lowest BCUT2D eigenvalue weighted by Crippen LogP contribution is -2.42. The lowest BCUT2D eigenvalue weighted by atomic mass is 9.94. The molecule has 2 aliphatic rings. The van der Waals surface area contributed by atoms with E-state index in [0.717, 1.165) is 0 Å². The van der Waals surface area contributed by atoms with Crippen molar-refractivity contribution in [2.45, 2.75) is 19.9 Å². The maximum absolute atomic E-state index is 14.2. The number of Topliss-reactive ketones (excluding diaryl/α,β-unsaturated/α-hetero) is 1. The third kappa shape index (κ3) is 4.59. The second kappa shape index (κ2) is 10.0. The van der Waals surface area contributed by atoms with Crippen LogP contribution in [0.4, 0.5) is 4.39 Å². The molecule has 0 bridgehead atoms. The number of halogens is 1. The molecule has 1 amide bonds. The Morgan fingerprint density at radius 3 is 2.60 bits per heavy atom. The summed E-state index contributed by atoms with van der Waals surface area (Å²) in [5.41, 5.74) is 1.40. The van der Waals surface area contributed by atoms with E-state index in [-0.39, 0.29) is 23.4 Å². The summed E-state index contributed by atoms with van der Waals surface area (Å²) in [7, 11) is 1.24. The van der Waals surface area contributed by atoms with Gasteiger partial charge >= 0.3 is 5.97 Å². The molecule has 2 fully saturated rings. The van der Waals surface area contributed by atoms with Gasteiger partial charge in [0.05, 0.1) is 31.9 Å². The Morgan fingerprint density at radius 1 is 1.23 bits per heavy atom. The summed E-state index contributed by atoms with van der Waals surface area (Å²) in [4.78, 5) is 44.9. The van der Waals surface area contributed by atoms with E-state index in [1.807, 2.05) is 0 Å². The van der Waals surface area contributed by atoms with Gasteiger partial charge in [0, 0.05) is 37.4 Å². The van der Waals surface area contributed by atoms with E-state index < -0.39 is 35.3 Å². The van der Waals surface area contributed by atoms with Crippen LogP contribution in [0.2, 0.25) is 0 Å². The molecule has 2 aromatic rings. The van der Waals surface area contributed by atoms with Gasteiger partial charge in [-0.25, -0.2) is 9.18 Å². The minimum atomic E-state index is -0.984. The minimum Gasteiger partial charge on any atom is -0.507 e. The van der Waals surface area contributed by atoms with Crippen LogP contribution in [0.1, 0.15) is 38.9 Å². The maximum Gasteiger partial charge on any atom is 0.354 e. The molecule has 0 radical (unpaired) electrons. The number of carbonyl (C=O) groups excluding carboxylic acids is 3. The molecule has 0 aliphatic carbocycles. The number of morpholine rings is 1. The molecule has 1 atom stereocenters. The molecule has 9 nitrogen and oxygen atoms in total. The van der Waals surface area contributed by atoms with Crippen LogP contribution in [-0.2, 0) is 19.1 Å². The molecular weight excluding hydrogens is 457 g/mol. The first kappa shape index (κ1) is 24.6. The van der Waals surface area contributed by atoms with Crippen LogP contribution in [0.15, 0.2) is 29.8 Å². The van der Waals surface area contributed by atoms with Crippen LogP contribution >= 0.6 is 0 Å². The predicted molar refractivity (Wildman–Crippen MR) is 124 cm³/mol. The average Bonchev–Trinajstić information content (AvgIpc) is 3.29. The Hall–Kier alpha value is -3.50. The van der Waals surface area contributed by atoms with Crippen LogP contribution in [0.5, 0.6) is 0 Å². The smallest absolute Gasteiger partial charge is 0.354 e. The number of rotatable bonds is 6. The normalized spacial score (nSPS) is 20.5. The number of likely N-dealkylation sites (tertiary alicyclic amines) is 1. The third-order valence-electron chi connectivity index (χ3n) is 6.53. The van der Waals surface area contributed by atoms with Gasteiger partial charge in [0.25, 0.3) is 11.7 Å². The largest absolute Gasteiger partial charge is 0.507 e. The Morgan fingerprint density at radius 2 is 1.94 bits per heavy atom. The second-order valence-corrected chi connectivity index (χ2v) is 8.62. The number of aryl methyl sites for hydroxylation is 1. The molecule has 0 spiro atoms. The first-order valence-electron chi connectivity index (χ1n) is 11.4. The van der Waals surface area contributed by atoms with Gasteiger partial charge in [-0.15, -0.1) is 0 Å². The average molecular weight is 486 g/mol. The van der Waals surface area contributed by atoms with Crippen LogP contribution in [0.25, 0.3) is 5.76 Å². The first-order chi connectivity index (χ1) is 16.7. The SMILES string of the molecule is COC(=O)c1[nH]c(C)c(/C(O)=C2\C(=O)C(=O)N(CCN3CCOCC3)[C@@H]2c2cccc(F)c2)c1C. The molecule has 186 valence electrons. The van der Waals surface area contributed by atoms with Crippen LogP contribution < -0.4 is 0 Å². The summed E-state index contributed by atoms with van der Waals surface area (Å²) in [6, 6.07) is 4.65. The van der Waals surface area contributed by atoms with E-state index in [0.29, 0.717) is 49.7 Å². The van der Waals surface area contributed by atoms with Gasteiger partial charge in [-0.05, 0) is 37.1 Å². The number of ether oxygens (including phenoxy) is 2.